The molecule has 7 nitrogen and oxygen atoms in total. The molecule has 0 aliphatic carbocycles. The number of hydrogen-bond acceptors (Lipinski definition) is 5. The first kappa shape index (κ1) is 13.2. The third-order valence-corrected chi connectivity index (χ3v) is 2.64. The summed E-state index contributed by atoms with van der Waals surface area (Å²) in [5.41, 5.74) is 1.91. The lowest BCUT2D eigenvalue weighted by Gasteiger charge is -2.10. The molecule has 1 atom stereocenters. The number of hydrogen-bond donors (Lipinski definition) is 3. The Bertz CT molecular complexity index is 522. The van der Waals surface area contributed by atoms with Crippen molar-refractivity contribution in [3.63, 3.8) is 0 Å². The zero-order valence-corrected chi connectivity index (χ0v) is 10.8. The molecule has 0 saturated carbocycles. The number of amides is 1. The molecule has 19 heavy (non-hydrogen) atoms. The number of tetrazole rings is 1. The SMILES string of the molecule is CC(=O)Nc1ccc(CNC(C)c2nn[nH]n2)cc1. The van der Waals surface area contributed by atoms with Gasteiger partial charge in [-0.1, -0.05) is 17.3 Å². The van der Waals surface area contributed by atoms with Gasteiger partial charge in [0, 0.05) is 19.2 Å². The number of nitrogens with zero attached hydrogens (tertiary/aromatic N) is 3. The number of carbonyl (C=O) groups is 1. The highest BCUT2D eigenvalue weighted by molar-refractivity contribution is 5.88. The van der Waals surface area contributed by atoms with Crippen molar-refractivity contribution in [2.45, 2.75) is 26.4 Å². The lowest BCUT2D eigenvalue weighted by atomic mass is 10.2. The van der Waals surface area contributed by atoms with Crippen LogP contribution in [0.15, 0.2) is 24.3 Å². The number of aromatic amines is 1. The van der Waals surface area contributed by atoms with E-state index < -0.39 is 0 Å². The first-order chi connectivity index (χ1) is 9.15. The maximum atomic E-state index is 10.9. The summed E-state index contributed by atoms with van der Waals surface area (Å²) in [6.07, 6.45) is 0. The van der Waals surface area contributed by atoms with Crippen molar-refractivity contribution >= 4 is 11.6 Å². The van der Waals surface area contributed by atoms with Crippen molar-refractivity contribution < 1.29 is 4.79 Å². The van der Waals surface area contributed by atoms with Crippen LogP contribution in [-0.2, 0) is 11.3 Å². The second kappa shape index (κ2) is 6.05. The standard InChI is InChI=1S/C12H16N6O/c1-8(12-15-17-18-16-12)13-7-10-3-5-11(6-4-10)14-9(2)19/h3-6,8,13H,7H2,1-2H3,(H,14,19)(H,15,16,17,18). The molecule has 1 amide bonds. The average Bonchev–Trinajstić information content (AvgIpc) is 2.91. The molecule has 2 rings (SSSR count). The molecule has 1 aromatic carbocycles. The molecule has 3 N–H and O–H groups in total. The lowest BCUT2D eigenvalue weighted by molar-refractivity contribution is -0.114. The van der Waals surface area contributed by atoms with Crippen molar-refractivity contribution in [1.29, 1.82) is 0 Å². The summed E-state index contributed by atoms with van der Waals surface area (Å²) in [5.74, 6) is 0.562. The number of benzene rings is 1. The molecule has 100 valence electrons. The van der Waals surface area contributed by atoms with Crippen molar-refractivity contribution in [2.24, 2.45) is 0 Å². The van der Waals surface area contributed by atoms with Crippen LogP contribution in [0.2, 0.25) is 0 Å². The Morgan fingerprint density at radius 1 is 1.37 bits per heavy atom. The number of nitrogens with one attached hydrogen (secondary N) is 3. The highest BCUT2D eigenvalue weighted by atomic mass is 16.1. The number of anilines is 1. The normalized spacial score (nSPS) is 12.1. The largest absolute Gasteiger partial charge is 0.326 e. The Hall–Kier alpha value is -2.28. The fourth-order valence-corrected chi connectivity index (χ4v) is 1.62. The predicted octanol–water partition coefficient (Wildman–Crippen LogP) is 1.01. The van der Waals surface area contributed by atoms with Gasteiger partial charge in [0.1, 0.15) is 0 Å². The van der Waals surface area contributed by atoms with Crippen LogP contribution in [0.1, 0.15) is 31.3 Å². The summed E-state index contributed by atoms with van der Waals surface area (Å²) >= 11 is 0. The molecule has 0 aliphatic rings. The van der Waals surface area contributed by atoms with Gasteiger partial charge in [-0.2, -0.15) is 5.21 Å². The van der Waals surface area contributed by atoms with Gasteiger partial charge in [-0.15, -0.1) is 10.2 Å². The molecule has 7 heteroatoms. The summed E-state index contributed by atoms with van der Waals surface area (Å²) in [4.78, 5) is 10.9. The van der Waals surface area contributed by atoms with Gasteiger partial charge in [-0.3, -0.25) is 4.79 Å². The molecular formula is C12H16N6O. The van der Waals surface area contributed by atoms with Gasteiger partial charge in [0.2, 0.25) is 5.91 Å². The molecule has 0 bridgehead atoms. The molecule has 1 heterocycles. The Morgan fingerprint density at radius 2 is 2.11 bits per heavy atom. The van der Waals surface area contributed by atoms with Crippen LogP contribution in [0.25, 0.3) is 0 Å². The summed E-state index contributed by atoms with van der Waals surface area (Å²) in [6, 6.07) is 7.69. The van der Waals surface area contributed by atoms with Crippen molar-refractivity contribution in [2.75, 3.05) is 5.32 Å². The van der Waals surface area contributed by atoms with E-state index in [1.807, 2.05) is 31.2 Å². The van der Waals surface area contributed by atoms with Gasteiger partial charge in [0.25, 0.3) is 0 Å². The zero-order chi connectivity index (χ0) is 13.7. The van der Waals surface area contributed by atoms with Gasteiger partial charge in [0.15, 0.2) is 5.82 Å². The Morgan fingerprint density at radius 3 is 2.68 bits per heavy atom. The highest BCUT2D eigenvalue weighted by Crippen LogP contribution is 2.11. The molecule has 0 radical (unpaired) electrons. The van der Waals surface area contributed by atoms with E-state index in [-0.39, 0.29) is 11.9 Å². The maximum absolute atomic E-state index is 10.9. The van der Waals surface area contributed by atoms with Crippen LogP contribution in [0, 0.1) is 0 Å². The second-order valence-corrected chi connectivity index (χ2v) is 4.25. The van der Waals surface area contributed by atoms with E-state index in [0.29, 0.717) is 12.4 Å². The van der Waals surface area contributed by atoms with E-state index >= 15 is 0 Å². The van der Waals surface area contributed by atoms with Crippen molar-refractivity contribution in [3.8, 4) is 0 Å². The van der Waals surface area contributed by atoms with E-state index in [0.717, 1.165) is 11.3 Å². The second-order valence-electron chi connectivity index (χ2n) is 4.25. The van der Waals surface area contributed by atoms with Crippen LogP contribution >= 0.6 is 0 Å². The third-order valence-electron chi connectivity index (χ3n) is 2.64. The predicted molar refractivity (Wildman–Crippen MR) is 70.2 cm³/mol. The number of aromatic nitrogens is 4. The van der Waals surface area contributed by atoms with E-state index in [9.17, 15) is 4.79 Å². The molecule has 0 aliphatic heterocycles. The first-order valence-corrected chi connectivity index (χ1v) is 5.98. The number of H-pyrrole nitrogens is 1. The number of carbonyl (C=O) groups excluding carboxylic acids is 1. The fraction of sp³-hybridized carbons (Fsp3) is 0.333. The molecule has 0 fully saturated rings. The minimum absolute atomic E-state index is 0.0220. The highest BCUT2D eigenvalue weighted by Gasteiger charge is 2.08. The summed E-state index contributed by atoms with van der Waals surface area (Å²) in [7, 11) is 0. The Kier molecular flexibility index (Phi) is 4.19. The van der Waals surface area contributed by atoms with Crippen LogP contribution in [0.3, 0.4) is 0 Å². The minimum atomic E-state index is -0.0726. The fourth-order valence-electron chi connectivity index (χ4n) is 1.62. The lowest BCUT2D eigenvalue weighted by Crippen LogP contribution is -2.19. The van der Waals surface area contributed by atoms with E-state index in [1.165, 1.54) is 6.92 Å². The summed E-state index contributed by atoms with van der Waals surface area (Å²) < 4.78 is 0. The average molecular weight is 260 g/mol. The van der Waals surface area contributed by atoms with Crippen LogP contribution in [0.5, 0.6) is 0 Å². The Balaban J connectivity index is 1.88. The van der Waals surface area contributed by atoms with Crippen molar-refractivity contribution in [3.05, 3.63) is 35.7 Å². The minimum Gasteiger partial charge on any atom is -0.326 e. The molecular weight excluding hydrogens is 244 g/mol. The van der Waals surface area contributed by atoms with Gasteiger partial charge < -0.3 is 10.6 Å². The van der Waals surface area contributed by atoms with E-state index in [2.05, 4.69) is 31.3 Å². The van der Waals surface area contributed by atoms with Gasteiger partial charge in [-0.25, -0.2) is 0 Å². The molecule has 1 unspecified atom stereocenters. The first-order valence-electron chi connectivity index (χ1n) is 5.98. The van der Waals surface area contributed by atoms with Crippen LogP contribution in [-0.4, -0.2) is 26.5 Å². The third kappa shape index (κ3) is 3.85. The van der Waals surface area contributed by atoms with Crippen LogP contribution < -0.4 is 10.6 Å². The topological polar surface area (TPSA) is 95.6 Å². The smallest absolute Gasteiger partial charge is 0.221 e. The van der Waals surface area contributed by atoms with Gasteiger partial charge >= 0.3 is 0 Å². The summed E-state index contributed by atoms with van der Waals surface area (Å²) in [5, 5.41) is 19.8. The quantitative estimate of drug-likeness (QED) is 0.745. The molecule has 2 aromatic rings. The van der Waals surface area contributed by atoms with E-state index in [4.69, 9.17) is 0 Å². The van der Waals surface area contributed by atoms with Gasteiger partial charge in [0.05, 0.1) is 6.04 Å². The molecule has 0 saturated heterocycles. The van der Waals surface area contributed by atoms with Gasteiger partial charge in [-0.05, 0) is 24.6 Å². The van der Waals surface area contributed by atoms with E-state index in [1.54, 1.807) is 0 Å². The maximum Gasteiger partial charge on any atom is 0.221 e. The molecule has 1 aromatic heterocycles. The Labute approximate surface area is 110 Å². The number of rotatable bonds is 5. The van der Waals surface area contributed by atoms with Crippen LogP contribution in [0.4, 0.5) is 5.69 Å². The summed E-state index contributed by atoms with van der Waals surface area (Å²) in [6.45, 7) is 4.15. The van der Waals surface area contributed by atoms with Crippen molar-refractivity contribution in [1.82, 2.24) is 25.9 Å². The monoisotopic (exact) mass is 260 g/mol. The zero-order valence-electron chi connectivity index (χ0n) is 10.8. The molecule has 0 spiro atoms.